The quantitative estimate of drug-likeness (QED) is 0.337. The van der Waals surface area contributed by atoms with E-state index >= 15 is 0 Å². The maximum absolute atomic E-state index is 13.7. The molecule has 2 N–H and O–H groups in total. The van der Waals surface area contributed by atoms with Gasteiger partial charge in [0.15, 0.2) is 5.96 Å². The molecule has 0 unspecified atom stereocenters. The van der Waals surface area contributed by atoms with E-state index in [2.05, 4.69) is 25.5 Å². The molecule has 0 saturated carbocycles. The van der Waals surface area contributed by atoms with Crippen molar-refractivity contribution in [1.29, 1.82) is 0 Å². The Balaban J connectivity index is 0.00000320. The third-order valence-corrected chi connectivity index (χ3v) is 5.37. The topological polar surface area (TPSA) is 65.7 Å². The second-order valence-corrected chi connectivity index (χ2v) is 7.51. The Kier molecular flexibility index (Phi) is 9.47. The molecule has 1 aliphatic heterocycles. The molecule has 1 aromatic carbocycles. The number of halogens is 3. The number of piperidine rings is 1. The van der Waals surface area contributed by atoms with Crippen LogP contribution >= 0.6 is 24.0 Å². The van der Waals surface area contributed by atoms with Crippen LogP contribution in [0.4, 0.5) is 8.78 Å². The van der Waals surface area contributed by atoms with Crippen molar-refractivity contribution < 1.29 is 13.2 Å². The van der Waals surface area contributed by atoms with Gasteiger partial charge in [0.25, 0.3) is 0 Å². The van der Waals surface area contributed by atoms with Crippen LogP contribution in [0.15, 0.2) is 27.6 Å². The third kappa shape index (κ3) is 6.90. The largest absolute Gasteiger partial charge is 0.444 e. The van der Waals surface area contributed by atoms with E-state index in [1.165, 1.54) is 6.07 Å². The Bertz CT molecular complexity index is 830. The highest BCUT2D eigenvalue weighted by molar-refractivity contribution is 14.0. The van der Waals surface area contributed by atoms with Crippen LogP contribution in [-0.2, 0) is 13.1 Å². The molecule has 2 aromatic rings. The predicted molar refractivity (Wildman–Crippen MR) is 124 cm³/mol. The summed E-state index contributed by atoms with van der Waals surface area (Å²) in [6, 6.07) is 3.45. The van der Waals surface area contributed by atoms with Crippen molar-refractivity contribution in [2.75, 3.05) is 26.7 Å². The van der Waals surface area contributed by atoms with Gasteiger partial charge in [0, 0.05) is 25.7 Å². The number of guanidine groups is 1. The summed E-state index contributed by atoms with van der Waals surface area (Å²) in [7, 11) is 1.67. The molecule has 166 valence electrons. The highest BCUT2D eigenvalue weighted by Gasteiger charge is 2.21. The number of hydrogen-bond donors (Lipinski definition) is 2. The Morgan fingerprint density at radius 3 is 2.60 bits per heavy atom. The van der Waals surface area contributed by atoms with Gasteiger partial charge in [-0.25, -0.2) is 13.8 Å². The molecule has 1 saturated heterocycles. The molecule has 3 rings (SSSR count). The minimum Gasteiger partial charge on any atom is -0.444 e. The molecule has 2 heterocycles. The molecular formula is C21H30F2IN5O. The van der Waals surface area contributed by atoms with Gasteiger partial charge in [0.05, 0.1) is 12.2 Å². The van der Waals surface area contributed by atoms with E-state index in [1.54, 1.807) is 7.05 Å². The SMILES string of the molecule is CN=C(NCc1cc(F)ccc1F)NCC1CCN(Cc2nc(C)c(C)o2)CC1.I. The van der Waals surface area contributed by atoms with Crippen LogP contribution in [0.1, 0.15) is 35.7 Å². The second-order valence-electron chi connectivity index (χ2n) is 7.51. The molecule has 1 fully saturated rings. The van der Waals surface area contributed by atoms with Gasteiger partial charge in [0.1, 0.15) is 17.4 Å². The molecule has 1 aliphatic rings. The molecule has 1 aromatic heterocycles. The lowest BCUT2D eigenvalue weighted by Gasteiger charge is -2.31. The normalized spacial score (nSPS) is 15.7. The monoisotopic (exact) mass is 533 g/mol. The van der Waals surface area contributed by atoms with Gasteiger partial charge in [-0.1, -0.05) is 0 Å². The van der Waals surface area contributed by atoms with Crippen LogP contribution in [-0.4, -0.2) is 42.5 Å². The molecule has 0 atom stereocenters. The van der Waals surface area contributed by atoms with E-state index in [-0.39, 0.29) is 36.1 Å². The van der Waals surface area contributed by atoms with Gasteiger partial charge >= 0.3 is 0 Å². The first-order valence-electron chi connectivity index (χ1n) is 9.98. The zero-order valence-corrected chi connectivity index (χ0v) is 20.0. The summed E-state index contributed by atoms with van der Waals surface area (Å²) in [4.78, 5) is 11.0. The lowest BCUT2D eigenvalue weighted by Crippen LogP contribution is -2.42. The molecule has 30 heavy (non-hydrogen) atoms. The van der Waals surface area contributed by atoms with Crippen LogP contribution < -0.4 is 10.6 Å². The fourth-order valence-electron chi connectivity index (χ4n) is 3.47. The molecule has 0 aliphatic carbocycles. The first-order chi connectivity index (χ1) is 13.9. The summed E-state index contributed by atoms with van der Waals surface area (Å²) in [5.41, 5.74) is 1.23. The minimum absolute atomic E-state index is 0. The number of benzene rings is 1. The summed E-state index contributed by atoms with van der Waals surface area (Å²) >= 11 is 0. The molecular weight excluding hydrogens is 503 g/mol. The fraction of sp³-hybridized carbons (Fsp3) is 0.524. The Morgan fingerprint density at radius 2 is 1.97 bits per heavy atom. The van der Waals surface area contributed by atoms with E-state index in [0.29, 0.717) is 11.9 Å². The van der Waals surface area contributed by atoms with Crippen molar-refractivity contribution in [3.05, 3.63) is 52.7 Å². The van der Waals surface area contributed by atoms with Crippen molar-refractivity contribution >= 4 is 29.9 Å². The van der Waals surface area contributed by atoms with Gasteiger partial charge < -0.3 is 15.1 Å². The number of aryl methyl sites for hydroxylation is 2. The average molecular weight is 533 g/mol. The van der Waals surface area contributed by atoms with Gasteiger partial charge in [0.2, 0.25) is 5.89 Å². The van der Waals surface area contributed by atoms with Gasteiger partial charge in [-0.3, -0.25) is 9.89 Å². The summed E-state index contributed by atoms with van der Waals surface area (Å²) in [5, 5.41) is 6.34. The van der Waals surface area contributed by atoms with Gasteiger partial charge in [-0.2, -0.15) is 0 Å². The van der Waals surface area contributed by atoms with Crippen LogP contribution in [0, 0.1) is 31.4 Å². The number of hydrogen-bond acceptors (Lipinski definition) is 4. The van der Waals surface area contributed by atoms with Crippen molar-refractivity contribution in [2.24, 2.45) is 10.9 Å². The number of nitrogens with one attached hydrogen (secondary N) is 2. The smallest absolute Gasteiger partial charge is 0.208 e. The number of oxazole rings is 1. The summed E-state index contributed by atoms with van der Waals surface area (Å²) < 4.78 is 32.7. The van der Waals surface area contributed by atoms with Crippen molar-refractivity contribution in [3.63, 3.8) is 0 Å². The first-order valence-corrected chi connectivity index (χ1v) is 9.98. The Morgan fingerprint density at radius 1 is 1.23 bits per heavy atom. The van der Waals surface area contributed by atoms with E-state index in [4.69, 9.17) is 4.42 Å². The zero-order chi connectivity index (χ0) is 20.8. The molecule has 0 spiro atoms. The van der Waals surface area contributed by atoms with E-state index in [9.17, 15) is 8.78 Å². The van der Waals surface area contributed by atoms with Crippen molar-refractivity contribution in [1.82, 2.24) is 20.5 Å². The number of nitrogens with zero attached hydrogens (tertiary/aromatic N) is 3. The summed E-state index contributed by atoms with van der Waals surface area (Å²) in [5.74, 6) is 1.90. The summed E-state index contributed by atoms with van der Waals surface area (Å²) in [6.07, 6.45) is 2.14. The van der Waals surface area contributed by atoms with E-state index in [1.807, 2.05) is 13.8 Å². The van der Waals surface area contributed by atoms with Crippen molar-refractivity contribution in [2.45, 2.75) is 39.8 Å². The lowest BCUT2D eigenvalue weighted by molar-refractivity contribution is 0.164. The van der Waals surface area contributed by atoms with Crippen LogP contribution in [0.5, 0.6) is 0 Å². The standard InChI is InChI=1S/C21H29F2N5O.HI/c1-14-15(2)29-20(27-14)13-28-8-6-16(7-9-28)11-25-21(24-3)26-12-17-10-18(22)4-5-19(17)23;/h4-5,10,16H,6-9,11-13H2,1-3H3,(H2,24,25,26);1H. The molecule has 9 heteroatoms. The lowest BCUT2D eigenvalue weighted by atomic mass is 9.97. The number of likely N-dealkylation sites (tertiary alicyclic amines) is 1. The maximum atomic E-state index is 13.7. The molecule has 0 bridgehead atoms. The number of rotatable bonds is 6. The Hall–Kier alpha value is -1.75. The maximum Gasteiger partial charge on any atom is 0.208 e. The molecule has 0 amide bonds. The Labute approximate surface area is 193 Å². The molecule has 0 radical (unpaired) electrons. The van der Waals surface area contributed by atoms with Gasteiger partial charge in [-0.05, 0) is 63.9 Å². The third-order valence-electron chi connectivity index (χ3n) is 5.37. The second kappa shape index (κ2) is 11.6. The fourth-order valence-corrected chi connectivity index (χ4v) is 3.47. The van der Waals surface area contributed by atoms with E-state index in [0.717, 1.165) is 68.5 Å². The predicted octanol–water partition coefficient (Wildman–Crippen LogP) is 3.76. The highest BCUT2D eigenvalue weighted by atomic mass is 127. The minimum atomic E-state index is -0.451. The average Bonchev–Trinajstić information content (AvgIpc) is 3.02. The van der Waals surface area contributed by atoms with E-state index < -0.39 is 11.6 Å². The van der Waals surface area contributed by atoms with Crippen LogP contribution in [0.25, 0.3) is 0 Å². The first kappa shape index (κ1) is 24.5. The van der Waals surface area contributed by atoms with Crippen molar-refractivity contribution in [3.8, 4) is 0 Å². The summed E-state index contributed by atoms with van der Waals surface area (Å²) in [6.45, 7) is 7.60. The van der Waals surface area contributed by atoms with Crippen LogP contribution in [0.2, 0.25) is 0 Å². The van der Waals surface area contributed by atoms with Gasteiger partial charge in [-0.15, -0.1) is 24.0 Å². The van der Waals surface area contributed by atoms with Crippen LogP contribution in [0.3, 0.4) is 0 Å². The molecule has 6 nitrogen and oxygen atoms in total. The highest BCUT2D eigenvalue weighted by Crippen LogP contribution is 2.19. The number of aliphatic imine (C=N–C) groups is 1. The zero-order valence-electron chi connectivity index (χ0n) is 17.7. The number of aromatic nitrogens is 1.